The van der Waals surface area contributed by atoms with E-state index in [4.69, 9.17) is 10.4 Å². The summed E-state index contributed by atoms with van der Waals surface area (Å²) in [4.78, 5) is 6.96. The summed E-state index contributed by atoms with van der Waals surface area (Å²) in [6.45, 7) is 0. The lowest BCUT2D eigenvalue weighted by Gasteiger charge is -1.88. The fraction of sp³-hybridized carbons (Fsp3) is 0. The lowest BCUT2D eigenvalue weighted by molar-refractivity contribution is 0.467. The second-order valence-corrected chi connectivity index (χ2v) is 1.37. The number of nitriles is 1. The lowest BCUT2D eigenvalue weighted by atomic mass is 10.4. The van der Waals surface area contributed by atoms with E-state index in [2.05, 4.69) is 9.97 Å². The van der Waals surface area contributed by atoms with Crippen molar-refractivity contribution < 1.29 is 5.11 Å². The van der Waals surface area contributed by atoms with Gasteiger partial charge in [-0.05, 0) is 0 Å². The fourth-order valence-electron chi connectivity index (χ4n) is 0.408. The fourth-order valence-corrected chi connectivity index (χ4v) is 0.408. The number of aromatic hydroxyl groups is 1. The van der Waals surface area contributed by atoms with Gasteiger partial charge in [0.15, 0.2) is 11.4 Å². The van der Waals surface area contributed by atoms with Crippen LogP contribution in [0, 0.1) is 11.3 Å². The van der Waals surface area contributed by atoms with Crippen LogP contribution in [-0.4, -0.2) is 15.1 Å². The van der Waals surface area contributed by atoms with Crippen LogP contribution in [0.5, 0.6) is 5.75 Å². The zero-order chi connectivity index (χ0) is 6.69. The van der Waals surface area contributed by atoms with E-state index in [-0.39, 0.29) is 11.4 Å². The average molecular weight is 121 g/mol. The quantitative estimate of drug-likeness (QED) is 0.526. The first-order chi connectivity index (χ1) is 4.34. The Hall–Kier alpha value is -1.63. The van der Waals surface area contributed by atoms with Gasteiger partial charge in [-0.1, -0.05) is 0 Å². The molecule has 0 atom stereocenters. The minimum atomic E-state index is -0.181. The normalized spacial score (nSPS) is 8.33. The number of aromatic nitrogens is 2. The molecule has 0 saturated heterocycles. The van der Waals surface area contributed by atoms with Gasteiger partial charge in [0.25, 0.3) is 0 Å². The molecule has 1 aromatic rings. The van der Waals surface area contributed by atoms with Gasteiger partial charge < -0.3 is 5.11 Å². The van der Waals surface area contributed by atoms with Crippen LogP contribution < -0.4 is 0 Å². The monoisotopic (exact) mass is 121 g/mol. The van der Waals surface area contributed by atoms with E-state index in [0.717, 1.165) is 0 Å². The van der Waals surface area contributed by atoms with Crippen molar-refractivity contribution >= 4 is 0 Å². The Morgan fingerprint density at radius 3 is 2.89 bits per heavy atom. The zero-order valence-electron chi connectivity index (χ0n) is 4.44. The summed E-state index contributed by atoms with van der Waals surface area (Å²) in [7, 11) is 0. The van der Waals surface area contributed by atoms with Gasteiger partial charge in [-0.15, -0.1) is 0 Å². The smallest absolute Gasteiger partial charge is 0.185 e. The molecule has 1 aromatic heterocycles. The minimum absolute atomic E-state index is 0.00463. The Kier molecular flexibility index (Phi) is 1.28. The second-order valence-electron chi connectivity index (χ2n) is 1.37. The Balaban J connectivity index is 3.20. The van der Waals surface area contributed by atoms with Gasteiger partial charge in [-0.3, -0.25) is 0 Å². The van der Waals surface area contributed by atoms with Crippen LogP contribution in [0.15, 0.2) is 12.5 Å². The van der Waals surface area contributed by atoms with Crippen molar-refractivity contribution in [3.8, 4) is 11.8 Å². The van der Waals surface area contributed by atoms with Crippen LogP contribution in [-0.2, 0) is 0 Å². The number of rotatable bonds is 0. The average Bonchev–Trinajstić information content (AvgIpc) is 1.89. The molecule has 4 heteroatoms. The van der Waals surface area contributed by atoms with Crippen molar-refractivity contribution in [2.24, 2.45) is 0 Å². The Bertz CT molecular complexity index is 253. The lowest BCUT2D eigenvalue weighted by Crippen LogP contribution is -1.82. The Morgan fingerprint density at radius 1 is 1.67 bits per heavy atom. The van der Waals surface area contributed by atoms with E-state index in [0.29, 0.717) is 0 Å². The van der Waals surface area contributed by atoms with Crippen LogP contribution in [0.2, 0.25) is 0 Å². The van der Waals surface area contributed by atoms with E-state index in [1.165, 1.54) is 12.5 Å². The van der Waals surface area contributed by atoms with Gasteiger partial charge in [0, 0.05) is 0 Å². The van der Waals surface area contributed by atoms with E-state index >= 15 is 0 Å². The number of hydrogen-bond donors (Lipinski definition) is 1. The summed E-state index contributed by atoms with van der Waals surface area (Å²) in [5.74, 6) is -0.181. The molecule has 0 amide bonds. The molecule has 0 saturated carbocycles. The first-order valence-corrected chi connectivity index (χ1v) is 2.23. The van der Waals surface area contributed by atoms with Gasteiger partial charge in [0.2, 0.25) is 0 Å². The molecule has 0 bridgehead atoms. The first-order valence-electron chi connectivity index (χ1n) is 2.23. The first kappa shape index (κ1) is 5.51. The molecule has 0 aliphatic rings. The van der Waals surface area contributed by atoms with Crippen LogP contribution >= 0.6 is 0 Å². The molecule has 4 nitrogen and oxygen atoms in total. The molecular formula is C5H3N3O. The largest absolute Gasteiger partial charge is 0.504 e. The van der Waals surface area contributed by atoms with Gasteiger partial charge in [0.1, 0.15) is 12.4 Å². The van der Waals surface area contributed by atoms with Crippen molar-refractivity contribution in [2.45, 2.75) is 0 Å². The summed E-state index contributed by atoms with van der Waals surface area (Å²) in [5, 5.41) is 17.0. The van der Waals surface area contributed by atoms with Crippen LogP contribution in [0.4, 0.5) is 0 Å². The minimum Gasteiger partial charge on any atom is -0.504 e. The summed E-state index contributed by atoms with van der Waals surface area (Å²) in [5.41, 5.74) is 0.00463. The molecule has 0 fully saturated rings. The van der Waals surface area contributed by atoms with Crippen LogP contribution in [0.1, 0.15) is 5.69 Å². The summed E-state index contributed by atoms with van der Waals surface area (Å²) in [6.07, 6.45) is 2.38. The molecule has 0 aromatic carbocycles. The van der Waals surface area contributed by atoms with E-state index in [9.17, 15) is 0 Å². The third-order valence-electron chi connectivity index (χ3n) is 0.799. The standard InChI is InChI=1S/C5H3N3O/c6-1-4-5(9)2-7-3-8-4/h2-3,9H. The summed E-state index contributed by atoms with van der Waals surface area (Å²) in [6, 6.07) is 1.69. The Morgan fingerprint density at radius 2 is 2.44 bits per heavy atom. The molecule has 1 rings (SSSR count). The highest BCUT2D eigenvalue weighted by molar-refractivity contribution is 5.32. The van der Waals surface area contributed by atoms with Crippen molar-refractivity contribution in [1.82, 2.24) is 9.97 Å². The van der Waals surface area contributed by atoms with Crippen molar-refractivity contribution in [1.29, 1.82) is 5.26 Å². The van der Waals surface area contributed by atoms with Crippen molar-refractivity contribution in [2.75, 3.05) is 0 Å². The van der Waals surface area contributed by atoms with Crippen molar-refractivity contribution in [3.05, 3.63) is 18.2 Å². The molecule has 0 unspecified atom stereocenters. The molecule has 1 heterocycles. The maximum absolute atomic E-state index is 8.76. The van der Waals surface area contributed by atoms with E-state index < -0.39 is 0 Å². The predicted molar refractivity (Wildman–Crippen MR) is 28.4 cm³/mol. The topological polar surface area (TPSA) is 69.8 Å². The van der Waals surface area contributed by atoms with E-state index in [1.807, 2.05) is 0 Å². The maximum atomic E-state index is 8.76. The second kappa shape index (κ2) is 2.09. The third-order valence-corrected chi connectivity index (χ3v) is 0.799. The molecule has 0 aliphatic carbocycles. The van der Waals surface area contributed by atoms with Crippen LogP contribution in [0.25, 0.3) is 0 Å². The molecule has 0 spiro atoms. The van der Waals surface area contributed by atoms with Gasteiger partial charge in [-0.25, -0.2) is 9.97 Å². The highest BCUT2D eigenvalue weighted by atomic mass is 16.3. The Labute approximate surface area is 51.4 Å². The van der Waals surface area contributed by atoms with Gasteiger partial charge in [-0.2, -0.15) is 5.26 Å². The molecule has 0 radical (unpaired) electrons. The summed E-state index contributed by atoms with van der Waals surface area (Å²) < 4.78 is 0. The molecule has 0 aliphatic heterocycles. The molecular weight excluding hydrogens is 118 g/mol. The molecule has 9 heavy (non-hydrogen) atoms. The predicted octanol–water partition coefficient (Wildman–Crippen LogP) is 0.0539. The highest BCUT2D eigenvalue weighted by Gasteiger charge is 1.96. The van der Waals surface area contributed by atoms with Crippen LogP contribution in [0.3, 0.4) is 0 Å². The van der Waals surface area contributed by atoms with Crippen molar-refractivity contribution in [3.63, 3.8) is 0 Å². The van der Waals surface area contributed by atoms with E-state index in [1.54, 1.807) is 6.07 Å². The number of nitrogens with zero attached hydrogens (tertiary/aromatic N) is 3. The highest BCUT2D eigenvalue weighted by Crippen LogP contribution is 2.07. The molecule has 44 valence electrons. The zero-order valence-corrected chi connectivity index (χ0v) is 4.44. The number of hydrogen-bond acceptors (Lipinski definition) is 4. The summed E-state index contributed by atoms with van der Waals surface area (Å²) >= 11 is 0. The molecule has 1 N–H and O–H groups in total. The van der Waals surface area contributed by atoms with Gasteiger partial charge >= 0.3 is 0 Å². The van der Waals surface area contributed by atoms with Gasteiger partial charge in [0.05, 0.1) is 6.20 Å². The SMILES string of the molecule is N#Cc1ncncc1O. The maximum Gasteiger partial charge on any atom is 0.185 e. The third kappa shape index (κ3) is 0.941.